The minimum Gasteiger partial charge on any atom is -0.465 e. The highest BCUT2D eigenvalue weighted by Gasteiger charge is 2.49. The first-order valence-electron chi connectivity index (χ1n) is 4.55. The number of nitrogens with zero attached hydrogens (tertiary/aromatic N) is 1. The van der Waals surface area contributed by atoms with Crippen LogP contribution in [0.2, 0.25) is 0 Å². The number of carboxylic acid groups (broad SMARTS) is 1. The molecule has 0 saturated carbocycles. The molecule has 5 nitrogen and oxygen atoms in total. The Morgan fingerprint density at radius 1 is 1.57 bits per heavy atom. The first kappa shape index (κ1) is 11.3. The van der Waals surface area contributed by atoms with E-state index in [1.54, 1.807) is 27.7 Å². The number of ether oxygens (including phenoxy) is 1. The molecule has 1 amide bonds. The third-order valence-electron chi connectivity index (χ3n) is 2.51. The Morgan fingerprint density at radius 3 is 2.36 bits per heavy atom. The van der Waals surface area contributed by atoms with E-state index in [0.717, 1.165) is 4.90 Å². The quantitative estimate of drug-likeness (QED) is 0.663. The van der Waals surface area contributed by atoms with Crippen LogP contribution < -0.4 is 0 Å². The molecule has 1 atom stereocenters. The number of rotatable bonds is 1. The molecular formula is C9H17NO4. The normalized spacial score (nSPS) is 26.6. The Labute approximate surface area is 83.3 Å². The van der Waals surface area contributed by atoms with Gasteiger partial charge in [-0.1, -0.05) is 0 Å². The van der Waals surface area contributed by atoms with E-state index in [1.165, 1.54) is 0 Å². The fourth-order valence-corrected chi connectivity index (χ4v) is 1.69. The molecule has 0 aliphatic carbocycles. The van der Waals surface area contributed by atoms with Crippen LogP contribution in [-0.4, -0.2) is 45.2 Å². The zero-order valence-corrected chi connectivity index (χ0v) is 8.94. The maximum absolute atomic E-state index is 11.0. The number of hydrogen-bond acceptors (Lipinski definition) is 3. The van der Waals surface area contributed by atoms with Gasteiger partial charge in [0.25, 0.3) is 0 Å². The van der Waals surface area contributed by atoms with Crippen molar-refractivity contribution >= 4 is 6.09 Å². The van der Waals surface area contributed by atoms with Crippen molar-refractivity contribution in [3.63, 3.8) is 0 Å². The van der Waals surface area contributed by atoms with Crippen molar-refractivity contribution < 1.29 is 19.7 Å². The monoisotopic (exact) mass is 203 g/mol. The fourth-order valence-electron chi connectivity index (χ4n) is 1.69. The van der Waals surface area contributed by atoms with E-state index < -0.39 is 23.5 Å². The van der Waals surface area contributed by atoms with Gasteiger partial charge in [-0.2, -0.15) is 0 Å². The van der Waals surface area contributed by atoms with Crippen molar-refractivity contribution in [2.75, 3.05) is 6.61 Å². The van der Waals surface area contributed by atoms with E-state index in [-0.39, 0.29) is 6.61 Å². The van der Waals surface area contributed by atoms with Crippen molar-refractivity contribution in [2.45, 2.75) is 45.1 Å². The molecule has 0 aromatic carbocycles. The third-order valence-corrected chi connectivity index (χ3v) is 2.51. The lowest BCUT2D eigenvalue weighted by Crippen LogP contribution is -2.54. The molecule has 1 aliphatic heterocycles. The highest BCUT2D eigenvalue weighted by atomic mass is 16.5. The lowest BCUT2D eigenvalue weighted by molar-refractivity contribution is -0.0549. The van der Waals surface area contributed by atoms with Crippen LogP contribution >= 0.6 is 0 Å². The van der Waals surface area contributed by atoms with E-state index in [4.69, 9.17) is 9.84 Å². The van der Waals surface area contributed by atoms with Crippen molar-refractivity contribution in [2.24, 2.45) is 0 Å². The molecule has 1 saturated heterocycles. The minimum atomic E-state index is -1.09. The predicted molar refractivity (Wildman–Crippen MR) is 50.0 cm³/mol. The first-order chi connectivity index (χ1) is 6.16. The maximum atomic E-state index is 11.0. The van der Waals surface area contributed by atoms with Gasteiger partial charge in [0.05, 0.1) is 18.2 Å². The molecule has 0 aromatic rings. The molecule has 1 aliphatic rings. The Balaban J connectivity index is 2.96. The minimum absolute atomic E-state index is 0.225. The summed E-state index contributed by atoms with van der Waals surface area (Å²) in [7, 11) is 0. The van der Waals surface area contributed by atoms with Crippen LogP contribution in [0, 0.1) is 0 Å². The molecule has 14 heavy (non-hydrogen) atoms. The van der Waals surface area contributed by atoms with E-state index in [9.17, 15) is 9.90 Å². The van der Waals surface area contributed by atoms with E-state index in [1.807, 2.05) is 0 Å². The lowest BCUT2D eigenvalue weighted by Gasteiger charge is -2.36. The van der Waals surface area contributed by atoms with Gasteiger partial charge in [0, 0.05) is 0 Å². The van der Waals surface area contributed by atoms with Crippen molar-refractivity contribution in [1.29, 1.82) is 0 Å². The molecule has 0 radical (unpaired) electrons. The molecule has 1 fully saturated rings. The summed E-state index contributed by atoms with van der Waals surface area (Å²) >= 11 is 0. The molecule has 1 rings (SSSR count). The van der Waals surface area contributed by atoms with Gasteiger partial charge in [-0.25, -0.2) is 4.79 Å². The van der Waals surface area contributed by atoms with Gasteiger partial charge in [-0.3, -0.25) is 4.90 Å². The van der Waals surface area contributed by atoms with Gasteiger partial charge in [-0.05, 0) is 27.7 Å². The standard InChI is InChI=1S/C9H17NO4/c1-8(2,13)6-5-14-9(3,4)10(6)7(11)12/h6,13H,5H2,1-4H3,(H,11,12)/t6-/m0/s1. The zero-order chi connectivity index (χ0) is 11.1. The summed E-state index contributed by atoms with van der Waals surface area (Å²) in [6, 6.07) is -0.519. The average Bonchev–Trinajstić information content (AvgIpc) is 2.23. The molecule has 1 heterocycles. The van der Waals surface area contributed by atoms with Gasteiger partial charge < -0.3 is 14.9 Å². The number of amides is 1. The molecule has 0 unspecified atom stereocenters. The number of hydrogen-bond donors (Lipinski definition) is 2. The van der Waals surface area contributed by atoms with Gasteiger partial charge in [-0.15, -0.1) is 0 Å². The van der Waals surface area contributed by atoms with Crippen LogP contribution in [0.15, 0.2) is 0 Å². The second-order valence-electron chi connectivity index (χ2n) is 4.58. The van der Waals surface area contributed by atoms with Crippen LogP contribution in [0.1, 0.15) is 27.7 Å². The highest BCUT2D eigenvalue weighted by molar-refractivity contribution is 5.67. The molecular weight excluding hydrogens is 186 g/mol. The maximum Gasteiger partial charge on any atom is 0.410 e. The van der Waals surface area contributed by atoms with E-state index >= 15 is 0 Å². The SMILES string of the molecule is CC(C)(O)[C@@H]1COC(C)(C)N1C(=O)O. The molecule has 0 spiro atoms. The summed E-state index contributed by atoms with van der Waals surface area (Å²) in [5, 5.41) is 18.8. The first-order valence-corrected chi connectivity index (χ1v) is 4.55. The van der Waals surface area contributed by atoms with Crippen molar-refractivity contribution in [3.8, 4) is 0 Å². The van der Waals surface area contributed by atoms with Crippen LogP contribution in [0.5, 0.6) is 0 Å². The van der Waals surface area contributed by atoms with E-state index in [2.05, 4.69) is 0 Å². The second kappa shape index (κ2) is 3.10. The highest BCUT2D eigenvalue weighted by Crippen LogP contribution is 2.32. The molecule has 2 N–H and O–H groups in total. The lowest BCUT2D eigenvalue weighted by atomic mass is 9.98. The Kier molecular flexibility index (Phi) is 2.49. The molecule has 0 aromatic heterocycles. The topological polar surface area (TPSA) is 70.0 Å². The predicted octanol–water partition coefficient (Wildman–Crippen LogP) is 0.872. The molecule has 82 valence electrons. The zero-order valence-electron chi connectivity index (χ0n) is 8.94. The molecule has 0 bridgehead atoms. The van der Waals surface area contributed by atoms with Crippen LogP contribution in [0.4, 0.5) is 4.79 Å². The van der Waals surface area contributed by atoms with Gasteiger partial charge in [0.2, 0.25) is 0 Å². The summed E-state index contributed by atoms with van der Waals surface area (Å²) in [5.74, 6) is 0. The Morgan fingerprint density at radius 2 is 2.07 bits per heavy atom. The number of aliphatic hydroxyl groups is 1. The summed E-state index contributed by atoms with van der Waals surface area (Å²) in [4.78, 5) is 12.2. The third kappa shape index (κ3) is 1.83. The van der Waals surface area contributed by atoms with Crippen LogP contribution in [-0.2, 0) is 4.74 Å². The number of carbonyl (C=O) groups is 1. The second-order valence-corrected chi connectivity index (χ2v) is 4.58. The van der Waals surface area contributed by atoms with Crippen molar-refractivity contribution in [3.05, 3.63) is 0 Å². The van der Waals surface area contributed by atoms with E-state index in [0.29, 0.717) is 0 Å². The van der Waals surface area contributed by atoms with Gasteiger partial charge >= 0.3 is 6.09 Å². The fraction of sp³-hybridized carbons (Fsp3) is 0.889. The summed E-state index contributed by atoms with van der Waals surface area (Å²) in [5.41, 5.74) is -1.96. The van der Waals surface area contributed by atoms with Gasteiger partial charge in [0.1, 0.15) is 5.72 Å². The van der Waals surface area contributed by atoms with Crippen molar-refractivity contribution in [1.82, 2.24) is 4.90 Å². The summed E-state index contributed by atoms with van der Waals surface area (Å²) in [6.07, 6.45) is -1.07. The summed E-state index contributed by atoms with van der Waals surface area (Å²) < 4.78 is 5.34. The largest absolute Gasteiger partial charge is 0.465 e. The molecule has 5 heteroatoms. The van der Waals surface area contributed by atoms with Crippen LogP contribution in [0.25, 0.3) is 0 Å². The summed E-state index contributed by atoms with van der Waals surface area (Å²) in [6.45, 7) is 6.74. The Hall–Kier alpha value is -0.810. The Bertz CT molecular complexity index is 244. The van der Waals surface area contributed by atoms with Crippen LogP contribution in [0.3, 0.4) is 0 Å². The van der Waals surface area contributed by atoms with Gasteiger partial charge in [0.15, 0.2) is 0 Å². The average molecular weight is 203 g/mol. The smallest absolute Gasteiger partial charge is 0.410 e.